The van der Waals surface area contributed by atoms with Gasteiger partial charge in [-0.1, -0.05) is 11.6 Å². The molecule has 2 nitrogen and oxygen atoms in total. The smallest absolute Gasteiger partial charge is 0.265 e. The highest BCUT2D eigenvalue weighted by molar-refractivity contribution is 9.10. The average molecular weight is 242 g/mol. The lowest BCUT2D eigenvalue weighted by Gasteiger charge is -2.01. The molecule has 0 amide bonds. The molecule has 0 spiro atoms. The third-order valence-electron chi connectivity index (χ3n) is 1.67. The highest BCUT2D eigenvalue weighted by Gasteiger charge is 1.96. The van der Waals surface area contributed by atoms with Gasteiger partial charge in [-0.3, -0.25) is 4.79 Å². The molecule has 0 N–H and O–H groups in total. The molecule has 1 aromatic heterocycles. The molecular weight excluding hydrogens is 230 g/mol. The van der Waals surface area contributed by atoms with Gasteiger partial charge in [0.1, 0.15) is 0 Å². The zero-order valence-electron chi connectivity index (χ0n) is 7.75. The third kappa shape index (κ3) is 2.84. The van der Waals surface area contributed by atoms with Gasteiger partial charge in [-0.2, -0.15) is 0 Å². The fourth-order valence-electron chi connectivity index (χ4n) is 0.932. The predicted molar refractivity (Wildman–Crippen MR) is 57.8 cm³/mol. The first kappa shape index (κ1) is 10.3. The highest BCUT2D eigenvalue weighted by atomic mass is 79.9. The second kappa shape index (κ2) is 4.42. The Labute approximate surface area is 86.0 Å². The normalized spacial score (nSPS) is 9.77. The van der Waals surface area contributed by atoms with Gasteiger partial charge in [0, 0.05) is 12.7 Å². The molecule has 0 unspecified atom stereocenters. The number of aromatic nitrogens is 1. The molecule has 0 aliphatic carbocycles. The summed E-state index contributed by atoms with van der Waals surface area (Å²) in [5.74, 6) is 0. The lowest BCUT2D eigenvalue weighted by molar-refractivity contribution is 0.770. The van der Waals surface area contributed by atoms with Crippen LogP contribution < -0.4 is 5.56 Å². The number of allylic oxidation sites excluding steroid dienone is 2. The molecule has 0 radical (unpaired) electrons. The van der Waals surface area contributed by atoms with Crippen molar-refractivity contribution in [2.45, 2.75) is 20.4 Å². The summed E-state index contributed by atoms with van der Waals surface area (Å²) in [6, 6.07) is 3.60. The maximum Gasteiger partial charge on any atom is 0.265 e. The summed E-state index contributed by atoms with van der Waals surface area (Å²) < 4.78 is 2.27. The first-order valence-electron chi connectivity index (χ1n) is 4.09. The van der Waals surface area contributed by atoms with Crippen LogP contribution in [0, 0.1) is 0 Å². The molecule has 13 heavy (non-hydrogen) atoms. The number of hydrogen-bond donors (Lipinski definition) is 0. The lowest BCUT2D eigenvalue weighted by Crippen LogP contribution is -2.18. The van der Waals surface area contributed by atoms with Crippen molar-refractivity contribution in [3.8, 4) is 0 Å². The number of hydrogen-bond acceptors (Lipinski definition) is 1. The van der Waals surface area contributed by atoms with Crippen molar-refractivity contribution in [1.82, 2.24) is 4.57 Å². The van der Waals surface area contributed by atoms with Gasteiger partial charge in [0.15, 0.2) is 0 Å². The van der Waals surface area contributed by atoms with E-state index in [4.69, 9.17) is 0 Å². The van der Waals surface area contributed by atoms with Crippen molar-refractivity contribution in [3.05, 3.63) is 44.8 Å². The van der Waals surface area contributed by atoms with Gasteiger partial charge in [-0.05, 0) is 41.9 Å². The monoisotopic (exact) mass is 241 g/mol. The van der Waals surface area contributed by atoms with Crippen molar-refractivity contribution in [1.29, 1.82) is 0 Å². The van der Waals surface area contributed by atoms with Crippen molar-refractivity contribution in [3.63, 3.8) is 0 Å². The van der Waals surface area contributed by atoms with Crippen LogP contribution in [0.25, 0.3) is 0 Å². The molecule has 0 aliphatic heterocycles. The van der Waals surface area contributed by atoms with E-state index < -0.39 is 0 Å². The molecule has 3 heteroatoms. The van der Waals surface area contributed by atoms with Crippen LogP contribution in [0.4, 0.5) is 0 Å². The van der Waals surface area contributed by atoms with Crippen LogP contribution in [-0.2, 0) is 6.54 Å². The molecule has 1 rings (SSSR count). The minimum atomic E-state index is 0.0139. The van der Waals surface area contributed by atoms with Crippen LogP contribution in [0.1, 0.15) is 13.8 Å². The van der Waals surface area contributed by atoms with Gasteiger partial charge in [0.25, 0.3) is 5.56 Å². The molecule has 70 valence electrons. The standard InChI is InChI=1S/C10H12BrNO/c1-8(2)5-7-12-6-3-4-9(11)10(12)13/h3-6H,7H2,1-2H3. The minimum Gasteiger partial charge on any atom is -0.311 e. The van der Waals surface area contributed by atoms with E-state index in [0.29, 0.717) is 11.0 Å². The molecule has 0 saturated carbocycles. The summed E-state index contributed by atoms with van der Waals surface area (Å²) in [5.41, 5.74) is 1.23. The van der Waals surface area contributed by atoms with Crippen LogP contribution >= 0.6 is 15.9 Å². The molecule has 1 aromatic rings. The molecule has 0 fully saturated rings. The molecule has 0 bridgehead atoms. The van der Waals surface area contributed by atoms with Gasteiger partial charge >= 0.3 is 0 Å². The van der Waals surface area contributed by atoms with E-state index in [-0.39, 0.29) is 5.56 Å². The summed E-state index contributed by atoms with van der Waals surface area (Å²) in [6.07, 6.45) is 3.81. The second-order valence-electron chi connectivity index (χ2n) is 3.10. The first-order valence-corrected chi connectivity index (χ1v) is 4.89. The summed E-state index contributed by atoms with van der Waals surface area (Å²) in [7, 11) is 0. The van der Waals surface area contributed by atoms with Gasteiger partial charge < -0.3 is 4.57 Å². The lowest BCUT2D eigenvalue weighted by atomic mass is 10.3. The molecule has 0 saturated heterocycles. The summed E-state index contributed by atoms with van der Waals surface area (Å²) in [4.78, 5) is 11.5. The van der Waals surface area contributed by atoms with Crippen LogP contribution in [0.5, 0.6) is 0 Å². The number of nitrogens with zero attached hydrogens (tertiary/aromatic N) is 1. The Morgan fingerprint density at radius 1 is 1.62 bits per heavy atom. The quantitative estimate of drug-likeness (QED) is 0.730. The Morgan fingerprint density at radius 2 is 2.31 bits per heavy atom. The summed E-state index contributed by atoms with van der Waals surface area (Å²) >= 11 is 3.20. The zero-order chi connectivity index (χ0) is 9.84. The highest BCUT2D eigenvalue weighted by Crippen LogP contribution is 2.01. The fraction of sp³-hybridized carbons (Fsp3) is 0.300. The van der Waals surface area contributed by atoms with Crippen LogP contribution in [-0.4, -0.2) is 4.57 Å². The van der Waals surface area contributed by atoms with E-state index in [9.17, 15) is 4.79 Å². The maximum absolute atomic E-state index is 11.5. The zero-order valence-corrected chi connectivity index (χ0v) is 9.34. The number of rotatable bonds is 2. The van der Waals surface area contributed by atoms with Gasteiger partial charge in [-0.25, -0.2) is 0 Å². The van der Waals surface area contributed by atoms with E-state index in [2.05, 4.69) is 15.9 Å². The van der Waals surface area contributed by atoms with Crippen molar-refractivity contribution in [2.24, 2.45) is 0 Å². The summed E-state index contributed by atoms with van der Waals surface area (Å²) in [5, 5.41) is 0. The van der Waals surface area contributed by atoms with E-state index in [1.807, 2.05) is 26.0 Å². The minimum absolute atomic E-state index is 0.0139. The SMILES string of the molecule is CC(C)=CCn1cccc(Br)c1=O. The van der Waals surface area contributed by atoms with Crippen LogP contribution in [0.3, 0.4) is 0 Å². The van der Waals surface area contributed by atoms with Crippen LogP contribution in [0.2, 0.25) is 0 Å². The molecular formula is C10H12BrNO. The van der Waals surface area contributed by atoms with E-state index in [1.54, 1.807) is 16.8 Å². The van der Waals surface area contributed by atoms with Gasteiger partial charge in [0.05, 0.1) is 4.47 Å². The summed E-state index contributed by atoms with van der Waals surface area (Å²) in [6.45, 7) is 4.67. The molecule has 1 heterocycles. The third-order valence-corrected chi connectivity index (χ3v) is 2.27. The van der Waals surface area contributed by atoms with Crippen molar-refractivity contribution >= 4 is 15.9 Å². The Bertz CT molecular complexity index is 375. The number of halogens is 1. The second-order valence-corrected chi connectivity index (χ2v) is 3.95. The number of pyridine rings is 1. The maximum atomic E-state index is 11.5. The first-order chi connectivity index (χ1) is 6.11. The van der Waals surface area contributed by atoms with Gasteiger partial charge in [0.2, 0.25) is 0 Å². The Hall–Kier alpha value is -0.830. The Morgan fingerprint density at radius 3 is 2.92 bits per heavy atom. The van der Waals surface area contributed by atoms with Crippen LogP contribution in [0.15, 0.2) is 39.2 Å². The van der Waals surface area contributed by atoms with Crippen molar-refractivity contribution in [2.75, 3.05) is 0 Å². The average Bonchev–Trinajstić information content (AvgIpc) is 2.07. The molecule has 0 aromatic carbocycles. The fourth-order valence-corrected chi connectivity index (χ4v) is 1.31. The Balaban J connectivity index is 2.97. The van der Waals surface area contributed by atoms with Crippen molar-refractivity contribution < 1.29 is 0 Å². The Kier molecular flexibility index (Phi) is 3.48. The largest absolute Gasteiger partial charge is 0.311 e. The van der Waals surface area contributed by atoms with Gasteiger partial charge in [-0.15, -0.1) is 0 Å². The molecule has 0 aliphatic rings. The predicted octanol–water partition coefficient (Wildman–Crippen LogP) is 2.58. The van der Waals surface area contributed by atoms with E-state index >= 15 is 0 Å². The van der Waals surface area contributed by atoms with E-state index in [0.717, 1.165) is 0 Å². The van der Waals surface area contributed by atoms with E-state index in [1.165, 1.54) is 5.57 Å². The topological polar surface area (TPSA) is 22.0 Å². The molecule has 0 atom stereocenters.